The van der Waals surface area contributed by atoms with E-state index in [4.69, 9.17) is 11.6 Å². The predicted molar refractivity (Wildman–Crippen MR) is 137 cm³/mol. The van der Waals surface area contributed by atoms with Gasteiger partial charge in [-0.15, -0.1) is 0 Å². The van der Waals surface area contributed by atoms with Crippen LogP contribution >= 0.6 is 11.6 Å². The Hall–Kier alpha value is -3.35. The van der Waals surface area contributed by atoms with Gasteiger partial charge in [0.1, 0.15) is 0 Å². The van der Waals surface area contributed by atoms with E-state index >= 15 is 0 Å². The van der Waals surface area contributed by atoms with E-state index < -0.39 is 0 Å². The van der Waals surface area contributed by atoms with Crippen LogP contribution in [0.15, 0.2) is 103 Å². The molecule has 5 aromatic carbocycles. The average Bonchev–Trinajstić information content (AvgIpc) is 3.06. The van der Waals surface area contributed by atoms with Gasteiger partial charge in [-0.2, -0.15) is 0 Å². The number of benzene rings is 5. The van der Waals surface area contributed by atoms with Crippen molar-refractivity contribution in [3.05, 3.63) is 119 Å². The van der Waals surface area contributed by atoms with Gasteiger partial charge in [-0.05, 0) is 61.8 Å². The lowest BCUT2D eigenvalue weighted by atomic mass is 9.81. The lowest BCUT2D eigenvalue weighted by Gasteiger charge is -2.22. The van der Waals surface area contributed by atoms with E-state index in [-0.39, 0.29) is 5.41 Å². The van der Waals surface area contributed by atoms with Crippen LogP contribution in [0.3, 0.4) is 0 Å². The molecule has 0 unspecified atom stereocenters. The minimum absolute atomic E-state index is 0.0593. The second kappa shape index (κ2) is 7.08. The summed E-state index contributed by atoms with van der Waals surface area (Å²) in [6.07, 6.45) is 0. The maximum Gasteiger partial charge on any atom is 0.0490 e. The molecule has 0 saturated carbocycles. The first-order chi connectivity index (χ1) is 15.6. The Labute approximate surface area is 194 Å². The molecule has 0 atom stereocenters. The Morgan fingerprint density at radius 3 is 2.19 bits per heavy atom. The third kappa shape index (κ3) is 2.76. The van der Waals surface area contributed by atoms with Gasteiger partial charge in [-0.3, -0.25) is 0 Å². The maximum atomic E-state index is 6.73. The molecule has 1 aliphatic carbocycles. The summed E-state index contributed by atoms with van der Waals surface area (Å²) in [5, 5.41) is 3.40. The molecule has 0 radical (unpaired) electrons. The number of hydrogen-bond acceptors (Lipinski definition) is 0. The number of rotatable bonds is 2. The molecule has 0 bridgehead atoms. The van der Waals surface area contributed by atoms with Crippen LogP contribution in [0, 0.1) is 0 Å². The summed E-state index contributed by atoms with van der Waals surface area (Å²) in [6, 6.07) is 36.8. The zero-order valence-corrected chi connectivity index (χ0v) is 18.9. The Morgan fingerprint density at radius 1 is 0.562 bits per heavy atom. The molecule has 154 valence electrons. The van der Waals surface area contributed by atoms with Crippen LogP contribution in [0.4, 0.5) is 0 Å². The van der Waals surface area contributed by atoms with Crippen LogP contribution in [-0.4, -0.2) is 0 Å². The fourth-order valence-corrected chi connectivity index (χ4v) is 5.62. The summed E-state index contributed by atoms with van der Waals surface area (Å²) in [5.41, 5.74) is 10.0. The Balaban J connectivity index is 1.60. The summed E-state index contributed by atoms with van der Waals surface area (Å²) in [5.74, 6) is 0. The van der Waals surface area contributed by atoms with Crippen LogP contribution in [0.2, 0.25) is 5.02 Å². The summed E-state index contributed by atoms with van der Waals surface area (Å²) < 4.78 is 0. The topological polar surface area (TPSA) is 0 Å². The number of fused-ring (bicyclic) bond motifs is 5. The number of hydrogen-bond donors (Lipinski definition) is 0. The standard InChI is InChI=1S/C31H23Cl/c1-31(2)26-18-16-20-9-6-7-12-23(20)30(26)25-17-15-22(19-27(25)31)24-13-8-14-28(32)29(24)21-10-4-3-5-11-21/h3-19H,1-2H3. The monoisotopic (exact) mass is 430 g/mol. The molecule has 0 amide bonds. The highest BCUT2D eigenvalue weighted by atomic mass is 35.5. The van der Waals surface area contributed by atoms with Gasteiger partial charge in [0.2, 0.25) is 0 Å². The lowest BCUT2D eigenvalue weighted by molar-refractivity contribution is 0.661. The van der Waals surface area contributed by atoms with E-state index in [0.717, 1.165) is 16.1 Å². The van der Waals surface area contributed by atoms with E-state index in [0.29, 0.717) is 0 Å². The summed E-state index contributed by atoms with van der Waals surface area (Å²) >= 11 is 6.73. The van der Waals surface area contributed by atoms with Crippen LogP contribution < -0.4 is 0 Å². The third-order valence-electron chi connectivity index (χ3n) is 6.95. The van der Waals surface area contributed by atoms with Crippen molar-refractivity contribution in [3.8, 4) is 33.4 Å². The van der Waals surface area contributed by atoms with E-state index in [1.165, 1.54) is 44.2 Å². The molecule has 6 rings (SSSR count). The van der Waals surface area contributed by atoms with Gasteiger partial charge in [0, 0.05) is 16.0 Å². The fraction of sp³-hybridized carbons (Fsp3) is 0.0968. The van der Waals surface area contributed by atoms with Gasteiger partial charge in [0.05, 0.1) is 0 Å². The van der Waals surface area contributed by atoms with Crippen molar-refractivity contribution in [1.82, 2.24) is 0 Å². The second-order valence-corrected chi connectivity index (χ2v) is 9.53. The quantitative estimate of drug-likeness (QED) is 0.262. The minimum Gasteiger partial charge on any atom is -0.0836 e. The van der Waals surface area contributed by atoms with Crippen LogP contribution in [0.5, 0.6) is 0 Å². The Morgan fingerprint density at radius 2 is 1.34 bits per heavy atom. The molecule has 1 heteroatoms. The highest BCUT2D eigenvalue weighted by molar-refractivity contribution is 6.34. The molecule has 1 aliphatic rings. The molecular formula is C31H23Cl. The molecule has 0 N–H and O–H groups in total. The zero-order valence-electron chi connectivity index (χ0n) is 18.2. The smallest absolute Gasteiger partial charge is 0.0490 e. The van der Waals surface area contributed by atoms with Gasteiger partial charge < -0.3 is 0 Å². The predicted octanol–water partition coefficient (Wildman–Crippen LogP) is 9.13. The van der Waals surface area contributed by atoms with Crippen molar-refractivity contribution < 1.29 is 0 Å². The van der Waals surface area contributed by atoms with Crippen molar-refractivity contribution >= 4 is 22.4 Å². The maximum absolute atomic E-state index is 6.73. The fourth-order valence-electron chi connectivity index (χ4n) is 5.34. The molecule has 0 aromatic heterocycles. The highest BCUT2D eigenvalue weighted by Crippen LogP contribution is 2.52. The first kappa shape index (κ1) is 19.3. The van der Waals surface area contributed by atoms with Crippen LogP contribution in [-0.2, 0) is 5.41 Å². The number of halogens is 1. The highest BCUT2D eigenvalue weighted by Gasteiger charge is 2.36. The van der Waals surface area contributed by atoms with E-state index in [2.05, 4.69) is 98.8 Å². The Kier molecular flexibility index (Phi) is 4.28. The third-order valence-corrected chi connectivity index (χ3v) is 7.27. The summed E-state index contributed by atoms with van der Waals surface area (Å²) in [4.78, 5) is 0. The average molecular weight is 431 g/mol. The van der Waals surface area contributed by atoms with Gasteiger partial charge in [0.15, 0.2) is 0 Å². The molecule has 0 heterocycles. The normalized spacial score (nSPS) is 13.7. The molecule has 0 spiro atoms. The van der Waals surface area contributed by atoms with Gasteiger partial charge in [-0.1, -0.05) is 116 Å². The molecule has 0 aliphatic heterocycles. The first-order valence-corrected chi connectivity index (χ1v) is 11.4. The summed E-state index contributed by atoms with van der Waals surface area (Å²) in [6.45, 7) is 4.68. The van der Waals surface area contributed by atoms with Crippen molar-refractivity contribution in [2.45, 2.75) is 19.3 Å². The van der Waals surface area contributed by atoms with Gasteiger partial charge in [0.25, 0.3) is 0 Å². The van der Waals surface area contributed by atoms with Crippen molar-refractivity contribution in [2.24, 2.45) is 0 Å². The summed E-state index contributed by atoms with van der Waals surface area (Å²) in [7, 11) is 0. The molecule has 0 nitrogen and oxygen atoms in total. The Bertz CT molecular complexity index is 1490. The van der Waals surface area contributed by atoms with E-state index in [1.807, 2.05) is 18.2 Å². The van der Waals surface area contributed by atoms with E-state index in [1.54, 1.807) is 0 Å². The van der Waals surface area contributed by atoms with E-state index in [9.17, 15) is 0 Å². The van der Waals surface area contributed by atoms with Crippen molar-refractivity contribution in [1.29, 1.82) is 0 Å². The van der Waals surface area contributed by atoms with Gasteiger partial charge in [-0.25, -0.2) is 0 Å². The molecule has 0 saturated heterocycles. The molecule has 5 aromatic rings. The van der Waals surface area contributed by atoms with Crippen LogP contribution in [0.1, 0.15) is 25.0 Å². The minimum atomic E-state index is -0.0593. The second-order valence-electron chi connectivity index (χ2n) is 9.12. The largest absolute Gasteiger partial charge is 0.0836 e. The van der Waals surface area contributed by atoms with Gasteiger partial charge >= 0.3 is 0 Å². The van der Waals surface area contributed by atoms with Crippen molar-refractivity contribution in [2.75, 3.05) is 0 Å². The van der Waals surface area contributed by atoms with Crippen molar-refractivity contribution in [3.63, 3.8) is 0 Å². The first-order valence-electron chi connectivity index (χ1n) is 11.1. The lowest BCUT2D eigenvalue weighted by Crippen LogP contribution is -2.15. The molecule has 0 fully saturated rings. The zero-order chi connectivity index (χ0) is 21.9. The molecule has 32 heavy (non-hydrogen) atoms. The SMILES string of the molecule is CC1(C)c2cc(-c3cccc(Cl)c3-c3ccccc3)ccc2-c2c1ccc1ccccc21. The van der Waals surface area contributed by atoms with Crippen LogP contribution in [0.25, 0.3) is 44.2 Å². The molecular weight excluding hydrogens is 408 g/mol.